The van der Waals surface area contributed by atoms with E-state index in [0.717, 1.165) is 25.1 Å². The van der Waals surface area contributed by atoms with Crippen LogP contribution in [0.3, 0.4) is 0 Å². The summed E-state index contributed by atoms with van der Waals surface area (Å²) in [5.41, 5.74) is 5.81. The molecule has 0 aromatic rings. The van der Waals surface area contributed by atoms with Crippen molar-refractivity contribution < 1.29 is 9.53 Å². The molecule has 6 nitrogen and oxygen atoms in total. The Bertz CT molecular complexity index is 310. The summed E-state index contributed by atoms with van der Waals surface area (Å²) in [5.74, 6) is 1.48. The number of hydrogen-bond donors (Lipinski definition) is 2. The van der Waals surface area contributed by atoms with Crippen LogP contribution < -0.4 is 11.1 Å². The Kier molecular flexibility index (Phi) is 11.1. The van der Waals surface area contributed by atoms with Crippen molar-refractivity contribution in [3.8, 4) is 0 Å². The second-order valence-corrected chi connectivity index (χ2v) is 5.35. The number of thioether (sulfide) groups is 1. The summed E-state index contributed by atoms with van der Waals surface area (Å²) in [5, 5.41) is 3.21. The molecule has 1 aliphatic rings. The number of ether oxygens (including phenoxy) is 1. The SMILES string of the molecule is CCOC(=O)N1CCC(NC(N)=NCCSC)CC1.I. The van der Waals surface area contributed by atoms with Crippen molar-refractivity contribution in [3.63, 3.8) is 0 Å². The Morgan fingerprint density at radius 2 is 2.15 bits per heavy atom. The van der Waals surface area contributed by atoms with Gasteiger partial charge in [0.05, 0.1) is 13.2 Å². The van der Waals surface area contributed by atoms with Crippen LogP contribution in [0.25, 0.3) is 0 Å². The third-order valence-corrected chi connectivity index (χ3v) is 3.54. The largest absolute Gasteiger partial charge is 0.450 e. The number of halogens is 1. The molecule has 118 valence electrons. The predicted molar refractivity (Wildman–Crippen MR) is 95.0 cm³/mol. The minimum absolute atomic E-state index is 0. The first kappa shape index (κ1) is 19.6. The van der Waals surface area contributed by atoms with Gasteiger partial charge < -0.3 is 20.7 Å². The van der Waals surface area contributed by atoms with Gasteiger partial charge in [0.1, 0.15) is 0 Å². The van der Waals surface area contributed by atoms with Gasteiger partial charge in [-0.05, 0) is 26.0 Å². The summed E-state index contributed by atoms with van der Waals surface area (Å²) in [7, 11) is 0. The highest BCUT2D eigenvalue weighted by molar-refractivity contribution is 14.0. The van der Waals surface area contributed by atoms with E-state index < -0.39 is 0 Å². The van der Waals surface area contributed by atoms with Crippen LogP contribution in [0.2, 0.25) is 0 Å². The van der Waals surface area contributed by atoms with Gasteiger partial charge in [-0.2, -0.15) is 11.8 Å². The summed E-state index contributed by atoms with van der Waals surface area (Å²) in [6, 6.07) is 0.295. The highest BCUT2D eigenvalue weighted by Crippen LogP contribution is 2.11. The molecule has 0 bridgehead atoms. The molecule has 0 aromatic carbocycles. The van der Waals surface area contributed by atoms with E-state index >= 15 is 0 Å². The monoisotopic (exact) mass is 416 g/mol. The second-order valence-electron chi connectivity index (χ2n) is 4.36. The van der Waals surface area contributed by atoms with Gasteiger partial charge in [0, 0.05) is 24.9 Å². The van der Waals surface area contributed by atoms with Gasteiger partial charge in [0.2, 0.25) is 0 Å². The molecule has 0 spiro atoms. The molecule has 3 N–H and O–H groups in total. The van der Waals surface area contributed by atoms with Crippen molar-refractivity contribution in [1.29, 1.82) is 0 Å². The average Bonchev–Trinajstić information content (AvgIpc) is 2.40. The molecule has 0 aliphatic carbocycles. The molecule has 1 rings (SSSR count). The quantitative estimate of drug-likeness (QED) is 0.307. The highest BCUT2D eigenvalue weighted by atomic mass is 127. The number of nitrogens with two attached hydrogens (primary N) is 1. The van der Waals surface area contributed by atoms with Crippen LogP contribution in [0.5, 0.6) is 0 Å². The van der Waals surface area contributed by atoms with Gasteiger partial charge in [0.15, 0.2) is 5.96 Å². The molecule has 8 heteroatoms. The molecule has 1 saturated heterocycles. The predicted octanol–water partition coefficient (Wildman–Crippen LogP) is 1.49. The number of carbonyl (C=O) groups excluding carboxylic acids is 1. The Morgan fingerprint density at radius 1 is 1.50 bits per heavy atom. The maximum absolute atomic E-state index is 11.5. The smallest absolute Gasteiger partial charge is 0.409 e. The maximum Gasteiger partial charge on any atom is 0.409 e. The van der Waals surface area contributed by atoms with Crippen molar-refractivity contribution in [3.05, 3.63) is 0 Å². The molecular weight excluding hydrogens is 391 g/mol. The number of hydrogen-bond acceptors (Lipinski definition) is 4. The van der Waals surface area contributed by atoms with Crippen LogP contribution in [0.1, 0.15) is 19.8 Å². The minimum atomic E-state index is -0.220. The number of carbonyl (C=O) groups is 1. The fourth-order valence-corrected chi connectivity index (χ4v) is 2.21. The van der Waals surface area contributed by atoms with Gasteiger partial charge in [-0.1, -0.05) is 0 Å². The fourth-order valence-electron chi connectivity index (χ4n) is 1.93. The molecule has 0 atom stereocenters. The van der Waals surface area contributed by atoms with E-state index in [2.05, 4.69) is 10.3 Å². The van der Waals surface area contributed by atoms with Crippen molar-refractivity contribution in [1.82, 2.24) is 10.2 Å². The van der Waals surface area contributed by atoms with Crippen LogP contribution in [0, 0.1) is 0 Å². The van der Waals surface area contributed by atoms with Gasteiger partial charge in [-0.25, -0.2) is 4.79 Å². The van der Waals surface area contributed by atoms with Gasteiger partial charge in [0.25, 0.3) is 0 Å². The molecule has 20 heavy (non-hydrogen) atoms. The lowest BCUT2D eigenvalue weighted by molar-refractivity contribution is 0.0963. The molecular formula is C12H25IN4O2S. The van der Waals surface area contributed by atoms with E-state index in [1.807, 2.05) is 13.2 Å². The first-order valence-electron chi connectivity index (χ1n) is 6.64. The molecule has 1 aliphatic heterocycles. The molecule has 1 heterocycles. The third-order valence-electron chi connectivity index (χ3n) is 2.95. The van der Waals surface area contributed by atoms with E-state index in [-0.39, 0.29) is 30.1 Å². The summed E-state index contributed by atoms with van der Waals surface area (Å²) in [6.45, 7) is 4.38. The van der Waals surface area contributed by atoms with Gasteiger partial charge in [-0.15, -0.1) is 24.0 Å². The zero-order valence-electron chi connectivity index (χ0n) is 12.1. The number of likely N-dealkylation sites (tertiary alicyclic amines) is 1. The molecule has 0 radical (unpaired) electrons. The van der Waals surface area contributed by atoms with Crippen molar-refractivity contribution in [2.45, 2.75) is 25.8 Å². The number of nitrogens with zero attached hydrogens (tertiary/aromatic N) is 2. The standard InChI is InChI=1S/C12H24N4O2S.HI/c1-3-18-12(17)16-7-4-10(5-8-16)15-11(13)14-6-9-19-2;/h10H,3-9H2,1-2H3,(H3,13,14,15);1H. The molecule has 0 saturated carbocycles. The minimum Gasteiger partial charge on any atom is -0.450 e. The Labute approximate surface area is 142 Å². The average molecular weight is 416 g/mol. The van der Waals surface area contributed by atoms with Gasteiger partial charge >= 0.3 is 6.09 Å². The van der Waals surface area contributed by atoms with Crippen molar-refractivity contribution in [2.75, 3.05) is 38.2 Å². The zero-order valence-corrected chi connectivity index (χ0v) is 15.3. The second kappa shape index (κ2) is 11.3. The van der Waals surface area contributed by atoms with E-state index in [1.54, 1.807) is 16.7 Å². The summed E-state index contributed by atoms with van der Waals surface area (Å²) < 4.78 is 4.98. The number of rotatable bonds is 5. The summed E-state index contributed by atoms with van der Waals surface area (Å²) in [4.78, 5) is 17.5. The first-order chi connectivity index (χ1) is 9.17. The summed E-state index contributed by atoms with van der Waals surface area (Å²) in [6.07, 6.45) is 3.57. The Morgan fingerprint density at radius 3 is 2.70 bits per heavy atom. The third kappa shape index (κ3) is 7.41. The van der Waals surface area contributed by atoms with Crippen LogP contribution in [-0.4, -0.2) is 61.2 Å². The molecule has 0 aromatic heterocycles. The lowest BCUT2D eigenvalue weighted by Crippen LogP contribution is -2.48. The molecule has 1 fully saturated rings. The number of amides is 1. The van der Waals surface area contributed by atoms with Crippen LogP contribution in [0.15, 0.2) is 4.99 Å². The lowest BCUT2D eigenvalue weighted by Gasteiger charge is -2.31. The Hall–Kier alpha value is -0.380. The van der Waals surface area contributed by atoms with Crippen LogP contribution in [0.4, 0.5) is 4.79 Å². The normalized spacial score (nSPS) is 16.5. The van der Waals surface area contributed by atoms with E-state index in [0.29, 0.717) is 31.7 Å². The van der Waals surface area contributed by atoms with E-state index in [9.17, 15) is 4.79 Å². The van der Waals surface area contributed by atoms with Gasteiger partial charge in [-0.3, -0.25) is 4.99 Å². The van der Waals surface area contributed by atoms with E-state index in [1.165, 1.54) is 0 Å². The maximum atomic E-state index is 11.5. The number of aliphatic imine (C=N–C) groups is 1. The highest BCUT2D eigenvalue weighted by Gasteiger charge is 2.23. The van der Waals surface area contributed by atoms with Crippen LogP contribution >= 0.6 is 35.7 Å². The number of piperidine rings is 1. The topological polar surface area (TPSA) is 80.0 Å². The fraction of sp³-hybridized carbons (Fsp3) is 0.833. The number of guanidine groups is 1. The van der Waals surface area contributed by atoms with Crippen molar-refractivity contribution in [2.24, 2.45) is 10.7 Å². The van der Waals surface area contributed by atoms with Crippen LogP contribution in [-0.2, 0) is 4.74 Å². The lowest BCUT2D eigenvalue weighted by atomic mass is 10.1. The zero-order chi connectivity index (χ0) is 14.1. The Balaban J connectivity index is 0.00000361. The molecule has 1 amide bonds. The van der Waals surface area contributed by atoms with E-state index in [4.69, 9.17) is 10.5 Å². The molecule has 0 unspecified atom stereocenters. The summed E-state index contributed by atoms with van der Waals surface area (Å²) >= 11 is 1.75. The van der Waals surface area contributed by atoms with Crippen molar-refractivity contribution >= 4 is 47.8 Å². The number of nitrogens with one attached hydrogen (secondary N) is 1. The first-order valence-corrected chi connectivity index (χ1v) is 8.03.